The van der Waals surface area contributed by atoms with Gasteiger partial charge in [0.1, 0.15) is 5.82 Å². The second kappa shape index (κ2) is 9.65. The van der Waals surface area contributed by atoms with Gasteiger partial charge in [-0.2, -0.15) is 0 Å². The van der Waals surface area contributed by atoms with Crippen molar-refractivity contribution in [2.24, 2.45) is 11.8 Å². The molecule has 0 aromatic heterocycles. The maximum absolute atomic E-state index is 14.0. The highest BCUT2D eigenvalue weighted by molar-refractivity contribution is 5.79. The number of carbonyl (C=O) groups is 1. The van der Waals surface area contributed by atoms with Gasteiger partial charge >= 0.3 is 0 Å². The second-order valence-corrected chi connectivity index (χ2v) is 8.55. The molecule has 27 heavy (non-hydrogen) atoms. The Morgan fingerprint density at radius 2 is 1.93 bits per heavy atom. The van der Waals surface area contributed by atoms with Gasteiger partial charge in [-0.1, -0.05) is 24.6 Å². The van der Waals surface area contributed by atoms with E-state index in [4.69, 9.17) is 0 Å². The first-order valence-electron chi connectivity index (χ1n) is 10.4. The minimum atomic E-state index is -0.118. The Kier molecular flexibility index (Phi) is 7.25. The van der Waals surface area contributed by atoms with Gasteiger partial charge < -0.3 is 9.80 Å². The lowest BCUT2D eigenvalue weighted by Gasteiger charge is -2.38. The Balaban J connectivity index is 1.57. The number of hydrogen-bond donors (Lipinski definition) is 0. The van der Waals surface area contributed by atoms with Gasteiger partial charge in [-0.15, -0.1) is 0 Å². The first-order chi connectivity index (χ1) is 13.0. The summed E-state index contributed by atoms with van der Waals surface area (Å²) >= 11 is 0. The van der Waals surface area contributed by atoms with Crippen LogP contribution in [-0.4, -0.2) is 67.4 Å². The van der Waals surface area contributed by atoms with Gasteiger partial charge in [-0.3, -0.25) is 9.69 Å². The first-order valence-corrected chi connectivity index (χ1v) is 10.4. The highest BCUT2D eigenvalue weighted by atomic mass is 19.1. The monoisotopic (exact) mass is 375 g/mol. The van der Waals surface area contributed by atoms with E-state index in [1.165, 1.54) is 12.5 Å². The molecule has 0 radical (unpaired) electrons. The van der Waals surface area contributed by atoms with Crippen LogP contribution in [0, 0.1) is 17.7 Å². The van der Waals surface area contributed by atoms with Crippen LogP contribution in [-0.2, 0) is 11.3 Å². The summed E-state index contributed by atoms with van der Waals surface area (Å²) in [5.41, 5.74) is 0.771. The molecule has 1 unspecified atom stereocenters. The fourth-order valence-corrected chi connectivity index (χ4v) is 4.15. The summed E-state index contributed by atoms with van der Waals surface area (Å²) in [5, 5.41) is 0. The second-order valence-electron chi connectivity index (χ2n) is 8.55. The fraction of sp³-hybridized carbons (Fsp3) is 0.682. The van der Waals surface area contributed by atoms with Crippen molar-refractivity contribution < 1.29 is 9.18 Å². The molecule has 4 nitrogen and oxygen atoms in total. The van der Waals surface area contributed by atoms with Gasteiger partial charge in [0.15, 0.2) is 0 Å². The maximum atomic E-state index is 14.0. The quantitative estimate of drug-likeness (QED) is 0.698. The first kappa shape index (κ1) is 20.3. The largest absolute Gasteiger partial charge is 0.341 e. The minimum Gasteiger partial charge on any atom is -0.341 e. The summed E-state index contributed by atoms with van der Waals surface area (Å²) < 4.78 is 14.0. The van der Waals surface area contributed by atoms with Crippen molar-refractivity contribution in [3.05, 3.63) is 35.6 Å². The number of benzene rings is 1. The number of rotatable bonds is 8. The summed E-state index contributed by atoms with van der Waals surface area (Å²) in [7, 11) is 4.12. The predicted octanol–water partition coefficient (Wildman–Crippen LogP) is 3.23. The molecule has 0 N–H and O–H groups in total. The topological polar surface area (TPSA) is 26.8 Å². The van der Waals surface area contributed by atoms with E-state index in [1.807, 2.05) is 12.1 Å². The van der Waals surface area contributed by atoms with Gasteiger partial charge in [0.05, 0.1) is 0 Å². The Morgan fingerprint density at radius 1 is 1.15 bits per heavy atom. The van der Waals surface area contributed by atoms with Crippen molar-refractivity contribution in [1.29, 1.82) is 0 Å². The van der Waals surface area contributed by atoms with Crippen molar-refractivity contribution in [3.63, 3.8) is 0 Å². The summed E-state index contributed by atoms with van der Waals surface area (Å²) in [6, 6.07) is 7.06. The molecule has 1 saturated carbocycles. The molecule has 150 valence electrons. The molecule has 1 amide bonds. The average molecular weight is 376 g/mol. The van der Waals surface area contributed by atoms with E-state index in [0.29, 0.717) is 18.4 Å². The molecule has 1 aromatic rings. The molecule has 0 bridgehead atoms. The number of hydrogen-bond acceptors (Lipinski definition) is 3. The molecular formula is C22H34FN3O. The third kappa shape index (κ3) is 5.76. The molecule has 1 aliphatic heterocycles. The Bertz CT molecular complexity index is 617. The molecule has 2 aliphatic rings. The molecule has 1 heterocycles. The SMILES string of the molecule is CN(C)CCN(CC1CCCN(Cc2ccccc2F)C1)C(=O)C1CCC1. The van der Waals surface area contributed by atoms with Crippen LogP contribution in [0.2, 0.25) is 0 Å². The van der Waals surface area contributed by atoms with E-state index in [2.05, 4.69) is 28.8 Å². The molecule has 1 saturated heterocycles. The third-order valence-corrected chi connectivity index (χ3v) is 6.02. The molecular weight excluding hydrogens is 341 g/mol. The standard InChI is InChI=1S/C22H34FN3O/c1-24(2)13-14-26(22(27)19-9-5-10-19)16-18-7-6-12-25(15-18)17-20-8-3-4-11-21(20)23/h3-4,8,11,18-19H,5-7,9-10,12-17H2,1-2H3. The lowest BCUT2D eigenvalue weighted by molar-refractivity contribution is -0.139. The van der Waals surface area contributed by atoms with E-state index < -0.39 is 0 Å². The number of nitrogens with zero attached hydrogens (tertiary/aromatic N) is 3. The molecule has 1 aliphatic carbocycles. The van der Waals surface area contributed by atoms with Crippen LogP contribution >= 0.6 is 0 Å². The van der Waals surface area contributed by atoms with Crippen LogP contribution in [0.1, 0.15) is 37.7 Å². The zero-order valence-electron chi connectivity index (χ0n) is 16.9. The van der Waals surface area contributed by atoms with Crippen molar-refractivity contribution in [3.8, 4) is 0 Å². The van der Waals surface area contributed by atoms with E-state index in [-0.39, 0.29) is 11.7 Å². The Hall–Kier alpha value is -1.46. The van der Waals surface area contributed by atoms with E-state index in [9.17, 15) is 9.18 Å². The smallest absolute Gasteiger partial charge is 0.225 e. The van der Waals surface area contributed by atoms with Crippen LogP contribution in [0.5, 0.6) is 0 Å². The van der Waals surface area contributed by atoms with Gasteiger partial charge in [0.25, 0.3) is 0 Å². The molecule has 2 fully saturated rings. The summed E-state index contributed by atoms with van der Waals surface area (Å²) in [6.45, 7) is 5.19. The van der Waals surface area contributed by atoms with E-state index in [0.717, 1.165) is 64.0 Å². The Morgan fingerprint density at radius 3 is 2.59 bits per heavy atom. The number of piperidine rings is 1. The molecule has 1 aromatic carbocycles. The van der Waals surface area contributed by atoms with Crippen LogP contribution in [0.4, 0.5) is 4.39 Å². The lowest BCUT2D eigenvalue weighted by atomic mass is 9.84. The number of likely N-dealkylation sites (N-methyl/N-ethyl adjacent to an activating group) is 1. The molecule has 0 spiro atoms. The van der Waals surface area contributed by atoms with Crippen LogP contribution in [0.15, 0.2) is 24.3 Å². The van der Waals surface area contributed by atoms with Crippen LogP contribution < -0.4 is 0 Å². The maximum Gasteiger partial charge on any atom is 0.225 e. The zero-order chi connectivity index (χ0) is 19.2. The highest BCUT2D eigenvalue weighted by Gasteiger charge is 2.31. The van der Waals surface area contributed by atoms with Crippen molar-refractivity contribution in [1.82, 2.24) is 14.7 Å². The normalized spacial score (nSPS) is 21.3. The molecule has 1 atom stereocenters. The number of likely N-dealkylation sites (tertiary alicyclic amines) is 1. The fourth-order valence-electron chi connectivity index (χ4n) is 4.15. The minimum absolute atomic E-state index is 0.118. The number of carbonyl (C=O) groups excluding carboxylic acids is 1. The van der Waals surface area contributed by atoms with Gasteiger partial charge in [0, 0.05) is 44.2 Å². The Labute approximate surface area is 163 Å². The van der Waals surface area contributed by atoms with Crippen molar-refractivity contribution in [2.45, 2.75) is 38.6 Å². The van der Waals surface area contributed by atoms with E-state index >= 15 is 0 Å². The van der Waals surface area contributed by atoms with Gasteiger partial charge in [-0.25, -0.2) is 4.39 Å². The molecule has 5 heteroatoms. The van der Waals surface area contributed by atoms with Gasteiger partial charge in [-0.05, 0) is 58.3 Å². The van der Waals surface area contributed by atoms with Crippen molar-refractivity contribution >= 4 is 5.91 Å². The summed E-state index contributed by atoms with van der Waals surface area (Å²) in [4.78, 5) is 19.5. The summed E-state index contributed by atoms with van der Waals surface area (Å²) in [6.07, 6.45) is 5.59. The average Bonchev–Trinajstić information content (AvgIpc) is 2.59. The lowest BCUT2D eigenvalue weighted by Crippen LogP contribution is -2.47. The zero-order valence-corrected chi connectivity index (χ0v) is 16.9. The van der Waals surface area contributed by atoms with E-state index in [1.54, 1.807) is 6.07 Å². The number of amides is 1. The predicted molar refractivity (Wildman–Crippen MR) is 107 cm³/mol. The third-order valence-electron chi connectivity index (χ3n) is 6.02. The van der Waals surface area contributed by atoms with Crippen LogP contribution in [0.25, 0.3) is 0 Å². The van der Waals surface area contributed by atoms with Gasteiger partial charge in [0.2, 0.25) is 5.91 Å². The molecule has 3 rings (SSSR count). The number of halogens is 1. The van der Waals surface area contributed by atoms with Crippen molar-refractivity contribution in [2.75, 3.05) is 46.8 Å². The highest BCUT2D eigenvalue weighted by Crippen LogP contribution is 2.29. The summed E-state index contributed by atoms with van der Waals surface area (Å²) in [5.74, 6) is 0.976. The van der Waals surface area contributed by atoms with Crippen LogP contribution in [0.3, 0.4) is 0 Å².